The fraction of sp³-hybridized carbons (Fsp3) is 0.125. The standard InChI is InChI=1S/C16H12Cl2/c17-9-15-13-7-3-1-5-11(13)12-6-2-4-8-14(12)16(15)10-18/h1-8H,9-10H2. The minimum Gasteiger partial charge on any atom is -0.122 e. The Bertz CT molecular complexity index is 654. The minimum absolute atomic E-state index is 0.493. The van der Waals surface area contributed by atoms with Gasteiger partial charge in [-0.15, -0.1) is 23.2 Å². The highest BCUT2D eigenvalue weighted by atomic mass is 35.5. The van der Waals surface area contributed by atoms with E-state index in [1.807, 2.05) is 12.1 Å². The van der Waals surface area contributed by atoms with Crippen molar-refractivity contribution in [2.45, 2.75) is 11.8 Å². The summed E-state index contributed by atoms with van der Waals surface area (Å²) >= 11 is 12.3. The topological polar surface area (TPSA) is 0 Å². The van der Waals surface area contributed by atoms with E-state index in [-0.39, 0.29) is 0 Å². The van der Waals surface area contributed by atoms with Gasteiger partial charge < -0.3 is 0 Å². The number of halogens is 2. The van der Waals surface area contributed by atoms with E-state index in [1.54, 1.807) is 0 Å². The van der Waals surface area contributed by atoms with Crippen molar-refractivity contribution in [2.75, 3.05) is 0 Å². The molecule has 0 bridgehead atoms. The monoisotopic (exact) mass is 274 g/mol. The summed E-state index contributed by atoms with van der Waals surface area (Å²) in [6.45, 7) is 0. The zero-order valence-electron chi connectivity index (χ0n) is 9.79. The summed E-state index contributed by atoms with van der Waals surface area (Å²) in [6.07, 6.45) is 0. The van der Waals surface area contributed by atoms with E-state index in [0.29, 0.717) is 11.8 Å². The van der Waals surface area contributed by atoms with Gasteiger partial charge in [-0.1, -0.05) is 48.5 Å². The average molecular weight is 275 g/mol. The van der Waals surface area contributed by atoms with Gasteiger partial charge in [0.25, 0.3) is 0 Å². The predicted molar refractivity (Wildman–Crippen MR) is 80.6 cm³/mol. The Morgan fingerprint density at radius 1 is 0.556 bits per heavy atom. The maximum absolute atomic E-state index is 6.13. The molecule has 3 rings (SSSR count). The van der Waals surface area contributed by atoms with E-state index < -0.39 is 0 Å². The number of alkyl halides is 2. The molecule has 0 atom stereocenters. The second-order valence-electron chi connectivity index (χ2n) is 4.32. The van der Waals surface area contributed by atoms with Crippen LogP contribution in [0, 0.1) is 0 Å². The molecule has 0 nitrogen and oxygen atoms in total. The molecule has 90 valence electrons. The van der Waals surface area contributed by atoms with E-state index in [2.05, 4.69) is 36.4 Å². The summed E-state index contributed by atoms with van der Waals surface area (Å²) in [7, 11) is 0. The molecule has 18 heavy (non-hydrogen) atoms. The lowest BCUT2D eigenvalue weighted by molar-refractivity contribution is 1.33. The Morgan fingerprint density at radius 2 is 0.889 bits per heavy atom. The van der Waals surface area contributed by atoms with Crippen LogP contribution in [0.1, 0.15) is 11.1 Å². The first-order valence-corrected chi connectivity index (χ1v) is 6.97. The second kappa shape index (κ2) is 4.79. The third kappa shape index (κ3) is 1.68. The van der Waals surface area contributed by atoms with Crippen LogP contribution in [0.5, 0.6) is 0 Å². The molecule has 0 saturated carbocycles. The third-order valence-corrected chi connectivity index (χ3v) is 3.96. The van der Waals surface area contributed by atoms with Crippen molar-refractivity contribution in [1.29, 1.82) is 0 Å². The van der Waals surface area contributed by atoms with Crippen molar-refractivity contribution < 1.29 is 0 Å². The molecule has 0 spiro atoms. The lowest BCUT2D eigenvalue weighted by Crippen LogP contribution is -1.93. The summed E-state index contributed by atoms with van der Waals surface area (Å²) in [4.78, 5) is 0. The Kier molecular flexibility index (Phi) is 3.15. The largest absolute Gasteiger partial charge is 0.122 e. The molecular weight excluding hydrogens is 263 g/mol. The average Bonchev–Trinajstić information content (AvgIpc) is 2.45. The third-order valence-electron chi connectivity index (χ3n) is 3.43. The fourth-order valence-electron chi connectivity index (χ4n) is 2.59. The number of benzene rings is 3. The molecule has 0 amide bonds. The molecule has 0 aliphatic heterocycles. The van der Waals surface area contributed by atoms with Crippen LogP contribution in [0.25, 0.3) is 21.5 Å². The Labute approximate surface area is 116 Å². The Hall–Kier alpha value is -1.24. The van der Waals surface area contributed by atoms with Gasteiger partial charge in [0, 0.05) is 11.8 Å². The SMILES string of the molecule is ClCc1c(CCl)c2ccccc2c2ccccc12. The Balaban J connectivity index is 2.61. The number of rotatable bonds is 2. The highest BCUT2D eigenvalue weighted by molar-refractivity contribution is 6.22. The van der Waals surface area contributed by atoms with Crippen molar-refractivity contribution in [3.05, 3.63) is 59.7 Å². The number of fused-ring (bicyclic) bond motifs is 3. The molecule has 3 aromatic rings. The van der Waals surface area contributed by atoms with Crippen molar-refractivity contribution in [3.8, 4) is 0 Å². The van der Waals surface area contributed by atoms with Gasteiger partial charge in [-0.25, -0.2) is 0 Å². The maximum atomic E-state index is 6.13. The van der Waals surface area contributed by atoms with E-state index in [0.717, 1.165) is 11.1 Å². The zero-order chi connectivity index (χ0) is 12.5. The van der Waals surface area contributed by atoms with Crippen molar-refractivity contribution in [3.63, 3.8) is 0 Å². The molecule has 0 saturated heterocycles. The van der Waals surface area contributed by atoms with Gasteiger partial charge in [-0.2, -0.15) is 0 Å². The summed E-state index contributed by atoms with van der Waals surface area (Å²) < 4.78 is 0. The van der Waals surface area contributed by atoms with Crippen LogP contribution >= 0.6 is 23.2 Å². The molecule has 2 heteroatoms. The highest BCUT2D eigenvalue weighted by Gasteiger charge is 2.11. The molecule has 0 fully saturated rings. The van der Waals surface area contributed by atoms with E-state index in [9.17, 15) is 0 Å². The number of hydrogen-bond acceptors (Lipinski definition) is 0. The number of hydrogen-bond donors (Lipinski definition) is 0. The van der Waals surface area contributed by atoms with Crippen LogP contribution in [-0.4, -0.2) is 0 Å². The normalized spacial score (nSPS) is 11.2. The van der Waals surface area contributed by atoms with E-state index in [1.165, 1.54) is 21.5 Å². The van der Waals surface area contributed by atoms with E-state index in [4.69, 9.17) is 23.2 Å². The molecule has 0 radical (unpaired) electrons. The summed E-state index contributed by atoms with van der Waals surface area (Å²) in [5.41, 5.74) is 2.31. The molecule has 0 N–H and O–H groups in total. The van der Waals surface area contributed by atoms with Crippen LogP contribution in [0.3, 0.4) is 0 Å². The van der Waals surface area contributed by atoms with Crippen molar-refractivity contribution in [1.82, 2.24) is 0 Å². The first-order chi connectivity index (χ1) is 8.86. The van der Waals surface area contributed by atoms with Gasteiger partial charge in [-0.3, -0.25) is 0 Å². The van der Waals surface area contributed by atoms with Gasteiger partial charge in [0.05, 0.1) is 0 Å². The van der Waals surface area contributed by atoms with Gasteiger partial charge in [-0.05, 0) is 32.7 Å². The summed E-state index contributed by atoms with van der Waals surface area (Å²) in [5, 5.41) is 4.92. The van der Waals surface area contributed by atoms with Gasteiger partial charge in [0.1, 0.15) is 0 Å². The van der Waals surface area contributed by atoms with Crippen LogP contribution in [0.15, 0.2) is 48.5 Å². The summed E-state index contributed by atoms with van der Waals surface area (Å²) in [6, 6.07) is 16.7. The van der Waals surface area contributed by atoms with Crippen LogP contribution < -0.4 is 0 Å². The molecule has 0 aliphatic carbocycles. The predicted octanol–water partition coefficient (Wildman–Crippen LogP) is 5.47. The second-order valence-corrected chi connectivity index (χ2v) is 4.85. The quantitative estimate of drug-likeness (QED) is 0.429. The smallest absolute Gasteiger partial charge is 0.0483 e. The molecule has 0 aromatic heterocycles. The van der Waals surface area contributed by atoms with Gasteiger partial charge >= 0.3 is 0 Å². The molecular formula is C16H12Cl2. The fourth-order valence-corrected chi connectivity index (χ4v) is 3.20. The first kappa shape index (κ1) is 11.8. The molecule has 3 aromatic carbocycles. The van der Waals surface area contributed by atoms with Crippen LogP contribution in [0.4, 0.5) is 0 Å². The Morgan fingerprint density at radius 3 is 1.22 bits per heavy atom. The summed E-state index contributed by atoms with van der Waals surface area (Å²) in [5.74, 6) is 0.987. The van der Waals surface area contributed by atoms with Gasteiger partial charge in [0.2, 0.25) is 0 Å². The maximum Gasteiger partial charge on any atom is 0.0483 e. The van der Waals surface area contributed by atoms with Crippen molar-refractivity contribution in [2.24, 2.45) is 0 Å². The molecule has 0 aliphatic rings. The molecule has 0 unspecified atom stereocenters. The minimum atomic E-state index is 0.493. The molecule has 0 heterocycles. The van der Waals surface area contributed by atoms with Crippen LogP contribution in [-0.2, 0) is 11.8 Å². The van der Waals surface area contributed by atoms with Crippen LogP contribution in [0.2, 0.25) is 0 Å². The zero-order valence-corrected chi connectivity index (χ0v) is 11.3. The van der Waals surface area contributed by atoms with Gasteiger partial charge in [0.15, 0.2) is 0 Å². The lowest BCUT2D eigenvalue weighted by atomic mass is 9.93. The van der Waals surface area contributed by atoms with E-state index >= 15 is 0 Å². The van der Waals surface area contributed by atoms with Crippen molar-refractivity contribution >= 4 is 44.7 Å². The highest BCUT2D eigenvalue weighted by Crippen LogP contribution is 2.34. The lowest BCUT2D eigenvalue weighted by Gasteiger charge is -2.14. The first-order valence-electron chi connectivity index (χ1n) is 5.90.